The van der Waals surface area contributed by atoms with Crippen LogP contribution in [0.15, 0.2) is 59.7 Å². The van der Waals surface area contributed by atoms with Crippen LogP contribution in [0.5, 0.6) is 11.6 Å². The SMILES string of the molecule is Cc1ccc(Oc2ccc(NC(=O)c3cc[nH]c(=O)c3)cn2)cc1C. The fraction of sp³-hybridized carbons (Fsp3) is 0.105. The second-order valence-corrected chi connectivity index (χ2v) is 5.63. The lowest BCUT2D eigenvalue weighted by Gasteiger charge is -2.08. The number of aryl methyl sites for hydroxylation is 2. The molecule has 6 heteroatoms. The van der Waals surface area contributed by atoms with Crippen molar-refractivity contribution >= 4 is 11.6 Å². The lowest BCUT2D eigenvalue weighted by Crippen LogP contribution is -2.15. The van der Waals surface area contributed by atoms with Crippen LogP contribution in [0.25, 0.3) is 0 Å². The number of aromatic nitrogens is 2. The summed E-state index contributed by atoms with van der Waals surface area (Å²) >= 11 is 0. The summed E-state index contributed by atoms with van der Waals surface area (Å²) in [4.78, 5) is 30.0. The topological polar surface area (TPSA) is 84.1 Å². The molecule has 0 saturated heterocycles. The van der Waals surface area contributed by atoms with Crippen LogP contribution in [0, 0.1) is 13.8 Å². The van der Waals surface area contributed by atoms with E-state index in [0.29, 0.717) is 17.3 Å². The highest BCUT2D eigenvalue weighted by atomic mass is 16.5. The third-order valence-electron chi connectivity index (χ3n) is 3.73. The van der Waals surface area contributed by atoms with E-state index in [1.165, 1.54) is 30.1 Å². The Bertz CT molecular complexity index is 962. The van der Waals surface area contributed by atoms with Gasteiger partial charge in [0, 0.05) is 23.9 Å². The Morgan fingerprint density at radius 2 is 1.92 bits per heavy atom. The van der Waals surface area contributed by atoms with E-state index in [2.05, 4.69) is 15.3 Å². The highest BCUT2D eigenvalue weighted by molar-refractivity contribution is 6.04. The molecule has 6 nitrogen and oxygen atoms in total. The molecule has 1 amide bonds. The van der Waals surface area contributed by atoms with Crippen molar-refractivity contribution in [3.63, 3.8) is 0 Å². The summed E-state index contributed by atoms with van der Waals surface area (Å²) in [5.74, 6) is 0.754. The zero-order valence-electron chi connectivity index (χ0n) is 13.9. The zero-order chi connectivity index (χ0) is 17.8. The third kappa shape index (κ3) is 4.11. The van der Waals surface area contributed by atoms with Crippen LogP contribution < -0.4 is 15.6 Å². The van der Waals surface area contributed by atoms with Gasteiger partial charge >= 0.3 is 0 Å². The molecule has 0 spiro atoms. The molecule has 0 saturated carbocycles. The number of hydrogen-bond donors (Lipinski definition) is 2. The molecule has 0 aliphatic rings. The number of aromatic amines is 1. The first kappa shape index (κ1) is 16.4. The molecule has 2 heterocycles. The molecule has 0 radical (unpaired) electrons. The monoisotopic (exact) mass is 335 g/mol. The molecule has 126 valence electrons. The van der Waals surface area contributed by atoms with Gasteiger partial charge in [-0.3, -0.25) is 9.59 Å². The minimum Gasteiger partial charge on any atom is -0.439 e. The number of ether oxygens (including phenoxy) is 1. The Labute approximate surface area is 144 Å². The number of hydrogen-bond acceptors (Lipinski definition) is 4. The number of carbonyl (C=O) groups excluding carboxylic acids is 1. The molecule has 25 heavy (non-hydrogen) atoms. The van der Waals surface area contributed by atoms with Crippen molar-refractivity contribution in [2.45, 2.75) is 13.8 Å². The van der Waals surface area contributed by atoms with Crippen molar-refractivity contribution in [3.8, 4) is 11.6 Å². The van der Waals surface area contributed by atoms with E-state index in [0.717, 1.165) is 5.56 Å². The highest BCUT2D eigenvalue weighted by Gasteiger charge is 2.07. The predicted octanol–water partition coefficient (Wildman–Crippen LogP) is 3.43. The molecule has 0 unspecified atom stereocenters. The van der Waals surface area contributed by atoms with Crippen LogP contribution in [0.1, 0.15) is 21.5 Å². The molecule has 0 aliphatic carbocycles. The second kappa shape index (κ2) is 7.00. The number of rotatable bonds is 4. The first-order valence-electron chi connectivity index (χ1n) is 7.72. The maximum absolute atomic E-state index is 12.1. The van der Waals surface area contributed by atoms with E-state index in [1.54, 1.807) is 12.1 Å². The molecule has 2 N–H and O–H groups in total. The quantitative estimate of drug-likeness (QED) is 0.765. The smallest absolute Gasteiger partial charge is 0.255 e. The Morgan fingerprint density at radius 1 is 1.08 bits per heavy atom. The Kier molecular flexibility index (Phi) is 4.61. The number of H-pyrrole nitrogens is 1. The normalized spacial score (nSPS) is 10.3. The van der Waals surface area contributed by atoms with E-state index in [1.807, 2.05) is 32.0 Å². The van der Waals surface area contributed by atoms with E-state index < -0.39 is 0 Å². The van der Waals surface area contributed by atoms with Gasteiger partial charge in [0.15, 0.2) is 0 Å². The van der Waals surface area contributed by atoms with Crippen LogP contribution in [-0.4, -0.2) is 15.9 Å². The van der Waals surface area contributed by atoms with Crippen LogP contribution in [0.2, 0.25) is 0 Å². The fourth-order valence-corrected chi connectivity index (χ4v) is 2.20. The number of carbonyl (C=O) groups is 1. The molecule has 0 aliphatic heterocycles. The van der Waals surface area contributed by atoms with Gasteiger partial charge in [-0.2, -0.15) is 0 Å². The predicted molar refractivity (Wildman–Crippen MR) is 95.2 cm³/mol. The van der Waals surface area contributed by atoms with Gasteiger partial charge < -0.3 is 15.0 Å². The van der Waals surface area contributed by atoms with Gasteiger partial charge in [0.2, 0.25) is 11.4 Å². The van der Waals surface area contributed by atoms with Crippen molar-refractivity contribution in [2.24, 2.45) is 0 Å². The standard InChI is InChI=1S/C19H17N3O3/c1-12-3-5-16(9-13(12)2)25-18-6-4-15(11-21-18)22-19(24)14-7-8-20-17(23)10-14/h3-11H,1-2H3,(H,20,23)(H,22,24). The molecule has 2 aromatic heterocycles. The molecular weight excluding hydrogens is 318 g/mol. The number of nitrogens with zero attached hydrogens (tertiary/aromatic N) is 1. The average molecular weight is 335 g/mol. The lowest BCUT2D eigenvalue weighted by atomic mass is 10.1. The maximum atomic E-state index is 12.1. The van der Waals surface area contributed by atoms with Crippen LogP contribution >= 0.6 is 0 Å². The van der Waals surface area contributed by atoms with Crippen molar-refractivity contribution < 1.29 is 9.53 Å². The van der Waals surface area contributed by atoms with E-state index >= 15 is 0 Å². The van der Waals surface area contributed by atoms with E-state index in [-0.39, 0.29) is 17.0 Å². The molecule has 1 aromatic carbocycles. The Hall–Kier alpha value is -3.41. The summed E-state index contributed by atoms with van der Waals surface area (Å²) in [5.41, 5.74) is 2.79. The number of pyridine rings is 2. The lowest BCUT2D eigenvalue weighted by molar-refractivity contribution is 0.102. The van der Waals surface area contributed by atoms with Crippen molar-refractivity contribution in [1.82, 2.24) is 9.97 Å². The molecule has 0 atom stereocenters. The van der Waals surface area contributed by atoms with Gasteiger partial charge in [0.1, 0.15) is 5.75 Å². The van der Waals surface area contributed by atoms with Crippen LogP contribution in [0.3, 0.4) is 0 Å². The number of benzene rings is 1. The zero-order valence-corrected chi connectivity index (χ0v) is 13.9. The molecule has 3 rings (SSSR count). The van der Waals surface area contributed by atoms with Gasteiger partial charge in [-0.05, 0) is 49.2 Å². The van der Waals surface area contributed by atoms with Crippen molar-refractivity contribution in [3.05, 3.63) is 81.9 Å². The Morgan fingerprint density at radius 3 is 2.60 bits per heavy atom. The molecular formula is C19H17N3O3. The summed E-state index contributed by atoms with van der Waals surface area (Å²) < 4.78 is 5.71. The third-order valence-corrected chi connectivity index (χ3v) is 3.73. The molecule has 0 fully saturated rings. The van der Waals surface area contributed by atoms with Gasteiger partial charge in [-0.25, -0.2) is 4.98 Å². The number of amides is 1. The van der Waals surface area contributed by atoms with Gasteiger partial charge in [-0.1, -0.05) is 6.07 Å². The summed E-state index contributed by atoms with van der Waals surface area (Å²) in [7, 11) is 0. The summed E-state index contributed by atoms with van der Waals surface area (Å²) in [6.07, 6.45) is 2.93. The Balaban J connectivity index is 1.68. The highest BCUT2D eigenvalue weighted by Crippen LogP contribution is 2.23. The maximum Gasteiger partial charge on any atom is 0.255 e. The number of nitrogens with one attached hydrogen (secondary N) is 2. The van der Waals surface area contributed by atoms with E-state index in [9.17, 15) is 9.59 Å². The summed E-state index contributed by atoms with van der Waals surface area (Å²) in [6, 6.07) is 11.9. The average Bonchev–Trinajstić information content (AvgIpc) is 2.60. The van der Waals surface area contributed by atoms with Crippen LogP contribution in [-0.2, 0) is 0 Å². The van der Waals surface area contributed by atoms with Gasteiger partial charge in [-0.15, -0.1) is 0 Å². The minimum atomic E-state index is -0.379. The summed E-state index contributed by atoms with van der Waals surface area (Å²) in [5, 5.41) is 2.68. The van der Waals surface area contributed by atoms with Crippen molar-refractivity contribution in [1.29, 1.82) is 0 Å². The molecule has 0 bridgehead atoms. The fourth-order valence-electron chi connectivity index (χ4n) is 2.20. The van der Waals surface area contributed by atoms with Crippen molar-refractivity contribution in [2.75, 3.05) is 5.32 Å². The first-order valence-corrected chi connectivity index (χ1v) is 7.72. The van der Waals surface area contributed by atoms with Gasteiger partial charge in [0.25, 0.3) is 5.91 Å². The molecule has 3 aromatic rings. The largest absolute Gasteiger partial charge is 0.439 e. The minimum absolute atomic E-state index is 0.277. The first-order chi connectivity index (χ1) is 12.0. The van der Waals surface area contributed by atoms with Crippen LogP contribution in [0.4, 0.5) is 5.69 Å². The van der Waals surface area contributed by atoms with E-state index in [4.69, 9.17) is 4.74 Å². The summed E-state index contributed by atoms with van der Waals surface area (Å²) in [6.45, 7) is 4.05. The number of anilines is 1. The second-order valence-electron chi connectivity index (χ2n) is 5.63. The van der Waals surface area contributed by atoms with Gasteiger partial charge in [0.05, 0.1) is 11.9 Å².